The van der Waals surface area contributed by atoms with E-state index in [4.69, 9.17) is 5.26 Å². The van der Waals surface area contributed by atoms with Crippen LogP contribution < -0.4 is 4.90 Å². The van der Waals surface area contributed by atoms with E-state index in [-0.39, 0.29) is 5.92 Å². The standard InChI is InChI=1S/C15H12F3N3O2S/c16-15(17,18)13-11(14(22)23-20-13)7-10-1-2-12(24-10)21-5-3-9(8-19)4-6-21/h1-2,7,9H,3-6H2. The fourth-order valence-electron chi connectivity index (χ4n) is 2.57. The quantitative estimate of drug-likeness (QED) is 0.603. The topological polar surface area (TPSA) is 65.7 Å². The van der Waals surface area contributed by atoms with E-state index in [1.165, 1.54) is 11.3 Å². The molecular weight excluding hydrogens is 343 g/mol. The molecule has 3 rings (SSSR count). The Kier molecular flexibility index (Phi) is 4.32. The molecule has 3 heterocycles. The Bertz CT molecular complexity index is 753. The molecule has 0 amide bonds. The number of anilines is 1. The normalized spacial score (nSPS) is 20.9. The first-order valence-electron chi connectivity index (χ1n) is 7.21. The van der Waals surface area contributed by atoms with E-state index in [0.717, 1.165) is 37.0 Å². The van der Waals surface area contributed by atoms with Gasteiger partial charge in [0.2, 0.25) is 0 Å². The highest BCUT2D eigenvalue weighted by Crippen LogP contribution is 2.33. The first-order valence-corrected chi connectivity index (χ1v) is 8.03. The van der Waals surface area contributed by atoms with Crippen LogP contribution in [0.1, 0.15) is 17.7 Å². The Morgan fingerprint density at radius 3 is 2.71 bits per heavy atom. The number of halogens is 3. The lowest BCUT2D eigenvalue weighted by molar-refractivity contribution is -0.136. The van der Waals surface area contributed by atoms with Gasteiger partial charge in [-0.1, -0.05) is 5.16 Å². The molecule has 0 unspecified atom stereocenters. The monoisotopic (exact) mass is 355 g/mol. The molecule has 0 aromatic carbocycles. The van der Waals surface area contributed by atoms with Gasteiger partial charge in [0, 0.05) is 23.9 Å². The molecule has 0 saturated carbocycles. The average Bonchev–Trinajstić information content (AvgIpc) is 3.15. The molecule has 0 N–H and O–H groups in total. The van der Waals surface area contributed by atoms with E-state index < -0.39 is 23.4 Å². The molecule has 0 spiro atoms. The van der Waals surface area contributed by atoms with Crippen molar-refractivity contribution in [3.05, 3.63) is 22.6 Å². The zero-order valence-electron chi connectivity index (χ0n) is 12.3. The molecule has 0 atom stereocenters. The van der Waals surface area contributed by atoms with Crippen LogP contribution in [-0.4, -0.2) is 30.9 Å². The summed E-state index contributed by atoms with van der Waals surface area (Å²) in [5.41, 5.74) is -1.89. The number of oxime groups is 1. The zero-order chi connectivity index (χ0) is 17.3. The highest BCUT2D eigenvalue weighted by atomic mass is 32.1. The fourth-order valence-corrected chi connectivity index (χ4v) is 3.58. The number of nitriles is 1. The molecule has 0 bridgehead atoms. The van der Waals surface area contributed by atoms with Crippen LogP contribution in [0.5, 0.6) is 0 Å². The van der Waals surface area contributed by atoms with Crippen LogP contribution in [0.15, 0.2) is 22.9 Å². The number of hydrogen-bond donors (Lipinski definition) is 0. The summed E-state index contributed by atoms with van der Waals surface area (Å²) in [5, 5.41) is 12.6. The molecule has 1 aromatic rings. The van der Waals surface area contributed by atoms with Crippen molar-refractivity contribution in [3.8, 4) is 6.07 Å². The Balaban J connectivity index is 1.78. The van der Waals surface area contributed by atoms with E-state index in [2.05, 4.69) is 21.0 Å². The van der Waals surface area contributed by atoms with Gasteiger partial charge in [0.15, 0.2) is 5.71 Å². The minimum Gasteiger partial charge on any atom is -0.363 e. The maximum absolute atomic E-state index is 12.8. The van der Waals surface area contributed by atoms with Gasteiger partial charge in [-0.3, -0.25) is 0 Å². The minimum absolute atomic E-state index is 0.0571. The summed E-state index contributed by atoms with van der Waals surface area (Å²) in [6.07, 6.45) is -2.06. The Morgan fingerprint density at radius 2 is 2.08 bits per heavy atom. The van der Waals surface area contributed by atoms with E-state index in [0.29, 0.717) is 4.88 Å². The maximum Gasteiger partial charge on any atom is 0.437 e. The molecule has 2 aliphatic rings. The molecule has 126 valence electrons. The average molecular weight is 355 g/mol. The second kappa shape index (κ2) is 6.28. The van der Waals surface area contributed by atoms with Crippen molar-refractivity contribution in [2.45, 2.75) is 19.0 Å². The van der Waals surface area contributed by atoms with E-state index in [1.807, 2.05) is 0 Å². The number of thiophene rings is 1. The molecule has 0 aliphatic carbocycles. The maximum atomic E-state index is 12.8. The van der Waals surface area contributed by atoms with Crippen LogP contribution >= 0.6 is 11.3 Å². The van der Waals surface area contributed by atoms with Crippen molar-refractivity contribution in [2.24, 2.45) is 11.1 Å². The summed E-state index contributed by atoms with van der Waals surface area (Å²) in [7, 11) is 0. The van der Waals surface area contributed by atoms with Gasteiger partial charge >= 0.3 is 12.1 Å². The number of hydrogen-bond acceptors (Lipinski definition) is 6. The number of rotatable bonds is 2. The molecule has 1 saturated heterocycles. The fraction of sp³-hybridized carbons (Fsp3) is 0.400. The largest absolute Gasteiger partial charge is 0.437 e. The Hall–Kier alpha value is -2.34. The first kappa shape index (κ1) is 16.5. The van der Waals surface area contributed by atoms with Gasteiger partial charge < -0.3 is 9.74 Å². The van der Waals surface area contributed by atoms with E-state index in [1.54, 1.807) is 12.1 Å². The second-order valence-corrected chi connectivity index (χ2v) is 6.53. The summed E-state index contributed by atoms with van der Waals surface area (Å²) >= 11 is 1.29. The summed E-state index contributed by atoms with van der Waals surface area (Å²) in [6, 6.07) is 5.71. The summed E-state index contributed by atoms with van der Waals surface area (Å²) in [5.74, 6) is -1.05. The van der Waals surface area contributed by atoms with Gasteiger partial charge in [-0.2, -0.15) is 18.4 Å². The third-order valence-electron chi connectivity index (χ3n) is 3.85. The smallest absolute Gasteiger partial charge is 0.363 e. The molecule has 2 aliphatic heterocycles. The van der Waals surface area contributed by atoms with E-state index in [9.17, 15) is 18.0 Å². The highest BCUT2D eigenvalue weighted by molar-refractivity contribution is 7.17. The van der Waals surface area contributed by atoms with Crippen molar-refractivity contribution in [3.63, 3.8) is 0 Å². The first-order chi connectivity index (χ1) is 11.4. The summed E-state index contributed by atoms with van der Waals surface area (Å²) in [4.78, 5) is 18.2. The lowest BCUT2D eigenvalue weighted by Gasteiger charge is -2.29. The van der Waals surface area contributed by atoms with Gasteiger partial charge in [-0.25, -0.2) is 4.79 Å². The van der Waals surface area contributed by atoms with Gasteiger partial charge in [0.25, 0.3) is 0 Å². The molecule has 1 fully saturated rings. The van der Waals surface area contributed by atoms with Crippen LogP contribution in [0.3, 0.4) is 0 Å². The zero-order valence-corrected chi connectivity index (χ0v) is 13.2. The minimum atomic E-state index is -4.74. The van der Waals surface area contributed by atoms with Crippen LogP contribution in [0.2, 0.25) is 0 Å². The van der Waals surface area contributed by atoms with Gasteiger partial charge in [-0.05, 0) is 31.1 Å². The SMILES string of the molecule is N#CC1CCN(c2ccc(C=C3C(=O)ON=C3C(F)(F)F)s2)CC1. The van der Waals surface area contributed by atoms with Crippen LogP contribution in [0.4, 0.5) is 18.2 Å². The van der Waals surface area contributed by atoms with Crippen molar-refractivity contribution in [2.75, 3.05) is 18.0 Å². The number of carbonyl (C=O) groups is 1. The Morgan fingerprint density at radius 1 is 1.38 bits per heavy atom. The molecule has 5 nitrogen and oxygen atoms in total. The molecule has 0 radical (unpaired) electrons. The summed E-state index contributed by atoms with van der Waals surface area (Å²) in [6.45, 7) is 1.46. The van der Waals surface area contributed by atoms with Crippen molar-refractivity contribution in [1.29, 1.82) is 5.26 Å². The molecule has 1 aromatic heterocycles. The number of nitrogens with zero attached hydrogens (tertiary/aromatic N) is 3. The second-order valence-electron chi connectivity index (χ2n) is 5.44. The predicted octanol–water partition coefficient (Wildman–Crippen LogP) is 3.35. The summed E-state index contributed by atoms with van der Waals surface area (Å²) < 4.78 is 38.5. The van der Waals surface area contributed by atoms with Crippen LogP contribution in [-0.2, 0) is 9.63 Å². The van der Waals surface area contributed by atoms with Crippen molar-refractivity contribution < 1.29 is 22.8 Å². The highest BCUT2D eigenvalue weighted by Gasteiger charge is 2.45. The van der Waals surface area contributed by atoms with Crippen molar-refractivity contribution in [1.82, 2.24) is 0 Å². The number of alkyl halides is 3. The van der Waals surface area contributed by atoms with Gasteiger partial charge in [-0.15, -0.1) is 11.3 Å². The molecular formula is C15H12F3N3O2S. The van der Waals surface area contributed by atoms with E-state index >= 15 is 0 Å². The van der Waals surface area contributed by atoms with Crippen LogP contribution in [0.25, 0.3) is 6.08 Å². The lowest BCUT2D eigenvalue weighted by atomic mass is 9.99. The van der Waals surface area contributed by atoms with Crippen LogP contribution in [0, 0.1) is 17.2 Å². The predicted molar refractivity (Wildman–Crippen MR) is 82.4 cm³/mol. The van der Waals surface area contributed by atoms with Crippen molar-refractivity contribution >= 4 is 34.1 Å². The number of carbonyl (C=O) groups excluding carboxylic acids is 1. The molecule has 24 heavy (non-hydrogen) atoms. The number of piperidine rings is 1. The Labute approximate surface area is 139 Å². The third-order valence-corrected chi connectivity index (χ3v) is 4.94. The third kappa shape index (κ3) is 3.28. The lowest BCUT2D eigenvalue weighted by Crippen LogP contribution is -2.32. The van der Waals surface area contributed by atoms with Gasteiger partial charge in [0.1, 0.15) is 0 Å². The van der Waals surface area contributed by atoms with Gasteiger partial charge in [0.05, 0.1) is 16.6 Å². The molecule has 9 heteroatoms.